The Labute approximate surface area is 115 Å². The predicted octanol–water partition coefficient (Wildman–Crippen LogP) is 0.568. The molecule has 0 bridgehead atoms. The molecule has 0 spiro atoms. The Balaban J connectivity index is 0.00000289. The minimum atomic E-state index is -0.0328. The van der Waals surface area contributed by atoms with Gasteiger partial charge in [0.2, 0.25) is 11.8 Å². The molecular weight excluding hydrogens is 254 g/mol. The first-order chi connectivity index (χ1) is 8.09. The first-order valence-electron chi connectivity index (χ1n) is 6.37. The zero-order chi connectivity index (χ0) is 12.7. The van der Waals surface area contributed by atoms with Crippen molar-refractivity contribution in [1.29, 1.82) is 0 Å². The molecule has 2 unspecified atom stereocenters. The molecule has 2 amide bonds. The Morgan fingerprint density at radius 3 is 2.50 bits per heavy atom. The Bertz CT molecular complexity index is 274. The number of hydrogen-bond acceptors (Lipinski definition) is 3. The Morgan fingerprint density at radius 2 is 1.89 bits per heavy atom. The summed E-state index contributed by atoms with van der Waals surface area (Å²) in [5, 5.41) is 5.60. The monoisotopic (exact) mass is 277 g/mol. The van der Waals surface area contributed by atoms with Crippen LogP contribution in [0.2, 0.25) is 0 Å². The zero-order valence-corrected chi connectivity index (χ0v) is 11.7. The van der Waals surface area contributed by atoms with E-state index in [1.807, 2.05) is 0 Å². The minimum Gasteiger partial charge on any atom is -0.356 e. The molecule has 4 N–H and O–H groups in total. The second kappa shape index (κ2) is 9.16. The highest BCUT2D eigenvalue weighted by Gasteiger charge is 2.24. The van der Waals surface area contributed by atoms with Gasteiger partial charge in [0.05, 0.1) is 0 Å². The van der Waals surface area contributed by atoms with Crippen molar-refractivity contribution in [1.82, 2.24) is 10.6 Å². The van der Waals surface area contributed by atoms with Crippen LogP contribution in [0.15, 0.2) is 0 Å². The molecule has 18 heavy (non-hydrogen) atoms. The highest BCUT2D eigenvalue weighted by Crippen LogP contribution is 2.22. The average Bonchev–Trinajstić information content (AvgIpc) is 2.28. The summed E-state index contributed by atoms with van der Waals surface area (Å²) in [4.78, 5) is 22.4. The van der Waals surface area contributed by atoms with E-state index in [1.165, 1.54) is 6.92 Å². The van der Waals surface area contributed by atoms with Gasteiger partial charge in [0.15, 0.2) is 0 Å². The topological polar surface area (TPSA) is 84.2 Å². The van der Waals surface area contributed by atoms with E-state index in [9.17, 15) is 9.59 Å². The van der Waals surface area contributed by atoms with Crippen LogP contribution in [-0.2, 0) is 9.59 Å². The maximum Gasteiger partial charge on any atom is 0.223 e. The number of nitrogens with one attached hydrogen (secondary N) is 2. The van der Waals surface area contributed by atoms with E-state index in [4.69, 9.17) is 5.73 Å². The number of nitrogens with two attached hydrogens (primary N) is 1. The van der Waals surface area contributed by atoms with Gasteiger partial charge in [0.25, 0.3) is 0 Å². The van der Waals surface area contributed by atoms with E-state index in [1.54, 1.807) is 0 Å². The van der Waals surface area contributed by atoms with Crippen LogP contribution in [0.5, 0.6) is 0 Å². The Hall–Kier alpha value is -0.810. The molecule has 1 rings (SSSR count). The van der Waals surface area contributed by atoms with Crippen molar-refractivity contribution in [2.45, 2.75) is 45.1 Å². The molecule has 6 heteroatoms. The van der Waals surface area contributed by atoms with Crippen molar-refractivity contribution in [3.8, 4) is 0 Å². The molecule has 0 saturated heterocycles. The normalized spacial score (nSPS) is 22.8. The van der Waals surface area contributed by atoms with E-state index in [0.717, 1.165) is 32.1 Å². The van der Waals surface area contributed by atoms with Gasteiger partial charge in [0, 0.05) is 32.0 Å². The lowest BCUT2D eigenvalue weighted by atomic mass is 9.85. The Morgan fingerprint density at radius 1 is 1.22 bits per heavy atom. The van der Waals surface area contributed by atoms with Crippen LogP contribution in [0.1, 0.15) is 39.0 Å². The van der Waals surface area contributed by atoms with Crippen LogP contribution in [0.4, 0.5) is 0 Å². The van der Waals surface area contributed by atoms with Crippen molar-refractivity contribution < 1.29 is 9.59 Å². The summed E-state index contributed by atoms with van der Waals surface area (Å²) >= 11 is 0. The van der Waals surface area contributed by atoms with Crippen molar-refractivity contribution in [3.63, 3.8) is 0 Å². The van der Waals surface area contributed by atoms with E-state index in [2.05, 4.69) is 10.6 Å². The molecule has 1 aliphatic carbocycles. The fourth-order valence-corrected chi connectivity index (χ4v) is 2.17. The second-order valence-electron chi connectivity index (χ2n) is 4.75. The lowest BCUT2D eigenvalue weighted by molar-refractivity contribution is -0.126. The van der Waals surface area contributed by atoms with Crippen molar-refractivity contribution >= 4 is 24.2 Å². The first-order valence-corrected chi connectivity index (χ1v) is 6.37. The third-order valence-corrected chi connectivity index (χ3v) is 3.11. The summed E-state index contributed by atoms with van der Waals surface area (Å²) in [6, 6.07) is 0.180. The van der Waals surface area contributed by atoms with Gasteiger partial charge in [-0.2, -0.15) is 0 Å². The molecule has 2 atom stereocenters. The summed E-state index contributed by atoms with van der Waals surface area (Å²) in [6.07, 6.45) is 4.60. The summed E-state index contributed by atoms with van der Waals surface area (Å²) in [5.74, 6) is 0.164. The standard InChI is InChI=1S/C12H23N3O2.ClH/c1-9(16)14-6-3-7-15-12(17)10-4-2-5-11(13)8-10;/h10-11H,2-8,13H2,1H3,(H,14,16)(H,15,17);1H. The molecule has 0 heterocycles. The number of carbonyl (C=O) groups is 2. The molecule has 0 aromatic heterocycles. The van der Waals surface area contributed by atoms with Crippen LogP contribution in [0, 0.1) is 5.92 Å². The molecule has 0 aliphatic heterocycles. The molecule has 1 saturated carbocycles. The van der Waals surface area contributed by atoms with Crippen LogP contribution in [-0.4, -0.2) is 30.9 Å². The molecule has 5 nitrogen and oxygen atoms in total. The molecule has 1 fully saturated rings. The van der Waals surface area contributed by atoms with Gasteiger partial charge in [-0.05, 0) is 25.7 Å². The maximum atomic E-state index is 11.8. The lowest BCUT2D eigenvalue weighted by Crippen LogP contribution is -2.38. The van der Waals surface area contributed by atoms with Gasteiger partial charge < -0.3 is 16.4 Å². The largest absolute Gasteiger partial charge is 0.356 e. The smallest absolute Gasteiger partial charge is 0.223 e. The zero-order valence-electron chi connectivity index (χ0n) is 10.9. The second-order valence-corrected chi connectivity index (χ2v) is 4.75. The molecule has 1 aliphatic rings. The fraction of sp³-hybridized carbons (Fsp3) is 0.833. The molecule has 106 valence electrons. The molecular formula is C12H24ClN3O2. The SMILES string of the molecule is CC(=O)NCCCNC(=O)C1CCCC(N)C1.Cl. The highest BCUT2D eigenvalue weighted by atomic mass is 35.5. The van der Waals surface area contributed by atoms with Gasteiger partial charge in [-0.1, -0.05) is 6.42 Å². The Kier molecular flexibility index (Phi) is 8.75. The molecule has 0 radical (unpaired) electrons. The van der Waals surface area contributed by atoms with Gasteiger partial charge in [-0.25, -0.2) is 0 Å². The summed E-state index contributed by atoms with van der Waals surface area (Å²) in [6.45, 7) is 2.71. The number of carbonyl (C=O) groups excluding carboxylic acids is 2. The highest BCUT2D eigenvalue weighted by molar-refractivity contribution is 5.85. The molecule has 0 aromatic rings. The van der Waals surface area contributed by atoms with Crippen molar-refractivity contribution in [3.05, 3.63) is 0 Å². The predicted molar refractivity (Wildman–Crippen MR) is 73.5 cm³/mol. The van der Waals surface area contributed by atoms with Crippen LogP contribution in [0.3, 0.4) is 0 Å². The fourth-order valence-electron chi connectivity index (χ4n) is 2.17. The van der Waals surface area contributed by atoms with Gasteiger partial charge in [-0.15, -0.1) is 12.4 Å². The number of halogens is 1. The molecule has 0 aromatic carbocycles. The van der Waals surface area contributed by atoms with Gasteiger partial charge in [-0.3, -0.25) is 9.59 Å². The van der Waals surface area contributed by atoms with E-state index in [-0.39, 0.29) is 36.2 Å². The van der Waals surface area contributed by atoms with E-state index >= 15 is 0 Å². The maximum absolute atomic E-state index is 11.8. The summed E-state index contributed by atoms with van der Waals surface area (Å²) < 4.78 is 0. The average molecular weight is 278 g/mol. The van der Waals surface area contributed by atoms with E-state index < -0.39 is 0 Å². The van der Waals surface area contributed by atoms with Crippen LogP contribution >= 0.6 is 12.4 Å². The summed E-state index contributed by atoms with van der Waals surface area (Å²) in [5.41, 5.74) is 5.85. The first kappa shape index (κ1) is 17.2. The van der Waals surface area contributed by atoms with E-state index in [0.29, 0.717) is 13.1 Å². The number of hydrogen-bond donors (Lipinski definition) is 3. The quantitative estimate of drug-likeness (QED) is 0.642. The number of amides is 2. The van der Waals surface area contributed by atoms with Gasteiger partial charge in [0.1, 0.15) is 0 Å². The van der Waals surface area contributed by atoms with Crippen LogP contribution in [0.25, 0.3) is 0 Å². The third-order valence-electron chi connectivity index (χ3n) is 3.11. The van der Waals surface area contributed by atoms with Crippen molar-refractivity contribution in [2.24, 2.45) is 11.7 Å². The number of rotatable bonds is 5. The lowest BCUT2D eigenvalue weighted by Gasteiger charge is -2.25. The summed E-state index contributed by atoms with van der Waals surface area (Å²) in [7, 11) is 0. The third kappa shape index (κ3) is 6.81. The minimum absolute atomic E-state index is 0. The van der Waals surface area contributed by atoms with Gasteiger partial charge >= 0.3 is 0 Å². The van der Waals surface area contributed by atoms with Crippen LogP contribution < -0.4 is 16.4 Å². The van der Waals surface area contributed by atoms with Crippen molar-refractivity contribution in [2.75, 3.05) is 13.1 Å².